The van der Waals surface area contributed by atoms with Crippen LogP contribution in [0.5, 0.6) is 0 Å². The normalized spacial score (nSPS) is 11.2. The van der Waals surface area contributed by atoms with Gasteiger partial charge in [0.25, 0.3) is 0 Å². The van der Waals surface area contributed by atoms with Crippen LogP contribution in [0.2, 0.25) is 0 Å². The second-order valence-corrected chi connectivity index (χ2v) is 4.04. The number of carbonyl (C=O) groups is 2. The lowest BCUT2D eigenvalue weighted by molar-refractivity contribution is -0.170. The first-order chi connectivity index (χ1) is 8.14. The van der Waals surface area contributed by atoms with Gasteiger partial charge in [-0.3, -0.25) is 9.69 Å². The van der Waals surface area contributed by atoms with Gasteiger partial charge >= 0.3 is 18.1 Å². The number of carboxylic acids is 1. The third-order valence-corrected chi connectivity index (χ3v) is 2.59. The van der Waals surface area contributed by atoms with Crippen molar-refractivity contribution >= 4 is 33.6 Å². The van der Waals surface area contributed by atoms with E-state index in [1.165, 1.54) is 0 Å². The van der Waals surface area contributed by atoms with Gasteiger partial charge in [0, 0.05) is 13.2 Å². The van der Waals surface area contributed by atoms with Crippen LogP contribution in [0.15, 0.2) is 16.7 Å². The number of halogens is 4. The first-order valence-corrected chi connectivity index (χ1v) is 5.17. The van der Waals surface area contributed by atoms with Crippen molar-refractivity contribution in [3.63, 3.8) is 0 Å². The summed E-state index contributed by atoms with van der Waals surface area (Å²) in [5.41, 5.74) is -0.290. The van der Waals surface area contributed by atoms with Crippen molar-refractivity contribution in [1.82, 2.24) is 4.98 Å². The van der Waals surface area contributed by atoms with E-state index in [9.17, 15) is 22.8 Å². The fraction of sp³-hybridized carbons (Fsp3) is 0.222. The first kappa shape index (κ1) is 14.4. The molecule has 1 aromatic rings. The second-order valence-electron chi connectivity index (χ2n) is 3.19. The van der Waals surface area contributed by atoms with Gasteiger partial charge in [0.1, 0.15) is 5.82 Å². The Hall–Kier alpha value is -1.64. The van der Waals surface area contributed by atoms with Gasteiger partial charge in [-0.2, -0.15) is 13.2 Å². The van der Waals surface area contributed by atoms with Crippen LogP contribution in [0.3, 0.4) is 0 Å². The SMILES string of the molecule is CN(C(=O)C(F)(F)F)c1cc(C(=O)O)c(Br)cn1. The molecule has 0 radical (unpaired) electrons. The Morgan fingerprint density at radius 1 is 1.44 bits per heavy atom. The maximum atomic E-state index is 12.2. The molecule has 1 aromatic heterocycles. The van der Waals surface area contributed by atoms with Gasteiger partial charge in [0.2, 0.25) is 0 Å². The molecule has 9 heteroatoms. The number of hydrogen-bond donors (Lipinski definition) is 1. The van der Waals surface area contributed by atoms with Crippen molar-refractivity contribution in [2.75, 3.05) is 11.9 Å². The van der Waals surface area contributed by atoms with Gasteiger partial charge in [-0.25, -0.2) is 9.78 Å². The number of amides is 1. The number of nitrogens with zero attached hydrogens (tertiary/aromatic N) is 2. The van der Waals surface area contributed by atoms with E-state index in [0.717, 1.165) is 19.3 Å². The molecule has 1 amide bonds. The fourth-order valence-corrected chi connectivity index (χ4v) is 1.46. The molecule has 0 aliphatic rings. The third-order valence-electron chi connectivity index (χ3n) is 1.96. The molecule has 0 fully saturated rings. The average Bonchev–Trinajstić information content (AvgIpc) is 2.26. The Labute approximate surface area is 107 Å². The van der Waals surface area contributed by atoms with E-state index in [1.54, 1.807) is 0 Å². The number of rotatable bonds is 2. The minimum Gasteiger partial charge on any atom is -0.478 e. The number of alkyl halides is 3. The molecule has 0 atom stereocenters. The molecule has 0 aliphatic carbocycles. The van der Waals surface area contributed by atoms with E-state index in [-0.39, 0.29) is 14.9 Å². The molecule has 1 rings (SSSR count). The van der Waals surface area contributed by atoms with Crippen molar-refractivity contribution in [3.8, 4) is 0 Å². The number of carboxylic acid groups (broad SMARTS) is 1. The van der Waals surface area contributed by atoms with E-state index < -0.39 is 23.9 Å². The Morgan fingerprint density at radius 3 is 2.44 bits per heavy atom. The van der Waals surface area contributed by atoms with Crippen LogP contribution in [0.4, 0.5) is 19.0 Å². The molecular formula is C9H6BrF3N2O3. The number of aromatic carboxylic acids is 1. The molecule has 5 nitrogen and oxygen atoms in total. The van der Waals surface area contributed by atoms with Crippen molar-refractivity contribution in [2.24, 2.45) is 0 Å². The molecule has 18 heavy (non-hydrogen) atoms. The molecule has 1 N–H and O–H groups in total. The summed E-state index contributed by atoms with van der Waals surface area (Å²) in [5, 5.41) is 8.79. The highest BCUT2D eigenvalue weighted by Crippen LogP contribution is 2.24. The minimum absolute atomic E-state index is 0.103. The van der Waals surface area contributed by atoms with Gasteiger partial charge in [0.05, 0.1) is 10.0 Å². The Kier molecular flexibility index (Phi) is 3.95. The predicted octanol–water partition coefficient (Wildman–Crippen LogP) is 2.07. The number of aromatic nitrogens is 1. The van der Waals surface area contributed by atoms with E-state index in [0.29, 0.717) is 0 Å². The van der Waals surface area contributed by atoms with Gasteiger partial charge in [-0.1, -0.05) is 0 Å². The van der Waals surface area contributed by atoms with Crippen LogP contribution in [0, 0.1) is 0 Å². The number of hydrogen-bond acceptors (Lipinski definition) is 3. The van der Waals surface area contributed by atoms with Crippen LogP contribution in [-0.4, -0.2) is 35.2 Å². The van der Waals surface area contributed by atoms with E-state index in [4.69, 9.17) is 5.11 Å². The highest BCUT2D eigenvalue weighted by Gasteiger charge is 2.42. The monoisotopic (exact) mass is 326 g/mol. The van der Waals surface area contributed by atoms with Crippen LogP contribution in [0.25, 0.3) is 0 Å². The number of anilines is 1. The molecule has 98 valence electrons. The summed E-state index contributed by atoms with van der Waals surface area (Å²) in [6, 6.07) is 0.871. The van der Waals surface area contributed by atoms with Gasteiger partial charge in [-0.05, 0) is 22.0 Å². The maximum absolute atomic E-state index is 12.2. The van der Waals surface area contributed by atoms with Crippen LogP contribution in [0.1, 0.15) is 10.4 Å². The van der Waals surface area contributed by atoms with Gasteiger partial charge < -0.3 is 5.11 Å². The number of carbonyl (C=O) groups excluding carboxylic acids is 1. The zero-order chi connectivity index (χ0) is 14.1. The smallest absolute Gasteiger partial charge is 0.471 e. The van der Waals surface area contributed by atoms with Crippen LogP contribution < -0.4 is 4.90 Å². The average molecular weight is 327 g/mol. The lowest BCUT2D eigenvalue weighted by Gasteiger charge is -2.18. The summed E-state index contributed by atoms with van der Waals surface area (Å²) in [5.74, 6) is -3.88. The van der Waals surface area contributed by atoms with E-state index in [1.807, 2.05) is 0 Å². The summed E-state index contributed by atoms with van der Waals surface area (Å²) in [7, 11) is 0.859. The van der Waals surface area contributed by atoms with Crippen LogP contribution >= 0.6 is 15.9 Å². The summed E-state index contributed by atoms with van der Waals surface area (Å²) in [6.45, 7) is 0. The molecule has 0 aliphatic heterocycles. The van der Waals surface area contributed by atoms with Crippen molar-refractivity contribution in [1.29, 1.82) is 0 Å². The molecule has 0 saturated carbocycles. The molecular weight excluding hydrogens is 321 g/mol. The van der Waals surface area contributed by atoms with E-state index >= 15 is 0 Å². The summed E-state index contributed by atoms with van der Waals surface area (Å²) in [6.07, 6.45) is -4.04. The summed E-state index contributed by atoms with van der Waals surface area (Å²) in [4.78, 5) is 25.5. The van der Waals surface area contributed by atoms with Crippen molar-refractivity contribution in [2.45, 2.75) is 6.18 Å². The zero-order valence-corrected chi connectivity index (χ0v) is 10.4. The quantitative estimate of drug-likeness (QED) is 0.903. The van der Waals surface area contributed by atoms with Gasteiger partial charge in [-0.15, -0.1) is 0 Å². The number of pyridine rings is 1. The highest BCUT2D eigenvalue weighted by atomic mass is 79.9. The molecule has 0 aromatic carbocycles. The summed E-state index contributed by atoms with van der Waals surface area (Å²) < 4.78 is 36.6. The Balaban J connectivity index is 3.15. The lowest BCUT2D eigenvalue weighted by Crippen LogP contribution is -2.39. The first-order valence-electron chi connectivity index (χ1n) is 4.38. The van der Waals surface area contributed by atoms with Crippen LogP contribution in [-0.2, 0) is 4.79 Å². The maximum Gasteiger partial charge on any atom is 0.471 e. The minimum atomic E-state index is -5.05. The largest absolute Gasteiger partial charge is 0.478 e. The van der Waals surface area contributed by atoms with Crippen molar-refractivity contribution < 1.29 is 27.9 Å². The predicted molar refractivity (Wildman–Crippen MR) is 58.4 cm³/mol. The lowest BCUT2D eigenvalue weighted by atomic mass is 10.2. The molecule has 0 bridgehead atoms. The van der Waals surface area contributed by atoms with E-state index in [2.05, 4.69) is 20.9 Å². The molecule has 0 unspecified atom stereocenters. The highest BCUT2D eigenvalue weighted by molar-refractivity contribution is 9.10. The summed E-state index contributed by atoms with van der Waals surface area (Å²) >= 11 is 2.89. The standard InChI is InChI=1S/C9H6BrF3N2O3/c1-15(8(18)9(11,12)13)6-2-4(7(16)17)5(10)3-14-6/h2-3H,1H3,(H,16,17). The fourth-order valence-electron chi connectivity index (χ4n) is 1.07. The molecule has 1 heterocycles. The molecule has 0 saturated heterocycles. The molecule has 0 spiro atoms. The Morgan fingerprint density at radius 2 is 2.00 bits per heavy atom. The zero-order valence-electron chi connectivity index (χ0n) is 8.82. The van der Waals surface area contributed by atoms with Gasteiger partial charge in [0.15, 0.2) is 0 Å². The third kappa shape index (κ3) is 2.97. The topological polar surface area (TPSA) is 70.5 Å². The second kappa shape index (κ2) is 4.92. The van der Waals surface area contributed by atoms with Crippen molar-refractivity contribution in [3.05, 3.63) is 22.3 Å². The Bertz CT molecular complexity index is 504.